The highest BCUT2D eigenvalue weighted by molar-refractivity contribution is 5.87. The molecule has 88 valence electrons. The van der Waals surface area contributed by atoms with E-state index in [2.05, 4.69) is 4.98 Å². The summed E-state index contributed by atoms with van der Waals surface area (Å²) in [5.74, 6) is -1.55. The van der Waals surface area contributed by atoms with Crippen molar-refractivity contribution in [3.8, 4) is 0 Å². The van der Waals surface area contributed by atoms with E-state index in [0.717, 1.165) is 21.9 Å². The van der Waals surface area contributed by atoms with Crippen LogP contribution in [0, 0.1) is 6.92 Å². The maximum absolute atomic E-state index is 11.0. The van der Waals surface area contributed by atoms with Crippen LogP contribution in [0.4, 0.5) is 0 Å². The Bertz CT molecular complexity index is 566. The minimum Gasteiger partial charge on any atom is -0.481 e. The standard InChI is InChI=1S/C13H14N2O2/c1-8-6-15-7-10-4-9(2-3-11(8)10)12(5-14)13(16)17/h2-4,6-7,12H,5,14H2,1H3,(H,16,17). The number of rotatable bonds is 3. The summed E-state index contributed by atoms with van der Waals surface area (Å²) in [6.07, 6.45) is 3.53. The number of carbonyl (C=O) groups is 1. The molecule has 0 aliphatic rings. The van der Waals surface area contributed by atoms with Gasteiger partial charge in [-0.2, -0.15) is 0 Å². The number of nitrogens with zero attached hydrogens (tertiary/aromatic N) is 1. The monoisotopic (exact) mass is 230 g/mol. The van der Waals surface area contributed by atoms with E-state index in [4.69, 9.17) is 10.8 Å². The van der Waals surface area contributed by atoms with Gasteiger partial charge < -0.3 is 10.8 Å². The average molecular weight is 230 g/mol. The Balaban J connectivity index is 2.55. The highest BCUT2D eigenvalue weighted by atomic mass is 16.4. The number of aryl methyl sites for hydroxylation is 1. The molecule has 17 heavy (non-hydrogen) atoms. The van der Waals surface area contributed by atoms with Crippen LogP contribution in [0.2, 0.25) is 0 Å². The zero-order chi connectivity index (χ0) is 12.4. The lowest BCUT2D eigenvalue weighted by atomic mass is 9.96. The van der Waals surface area contributed by atoms with Crippen molar-refractivity contribution in [3.63, 3.8) is 0 Å². The van der Waals surface area contributed by atoms with Crippen LogP contribution < -0.4 is 5.73 Å². The summed E-state index contributed by atoms with van der Waals surface area (Å²) in [5, 5.41) is 11.1. The second-order valence-corrected chi connectivity index (χ2v) is 4.06. The lowest BCUT2D eigenvalue weighted by Gasteiger charge is -2.11. The number of aliphatic carboxylic acids is 1. The molecule has 0 bridgehead atoms. The van der Waals surface area contributed by atoms with Crippen molar-refractivity contribution in [2.45, 2.75) is 12.8 Å². The normalized spacial score (nSPS) is 12.6. The third kappa shape index (κ3) is 2.12. The second-order valence-electron chi connectivity index (χ2n) is 4.06. The van der Waals surface area contributed by atoms with Gasteiger partial charge >= 0.3 is 5.97 Å². The lowest BCUT2D eigenvalue weighted by Crippen LogP contribution is -2.21. The first-order valence-electron chi connectivity index (χ1n) is 5.40. The Morgan fingerprint density at radius 3 is 2.88 bits per heavy atom. The molecule has 1 heterocycles. The van der Waals surface area contributed by atoms with Crippen LogP contribution in [0.15, 0.2) is 30.6 Å². The molecule has 0 aliphatic carbocycles. The van der Waals surface area contributed by atoms with Crippen molar-refractivity contribution in [2.24, 2.45) is 5.73 Å². The predicted molar refractivity (Wildman–Crippen MR) is 65.9 cm³/mol. The molecule has 0 saturated heterocycles. The quantitative estimate of drug-likeness (QED) is 0.840. The van der Waals surface area contributed by atoms with Crippen LogP contribution in [0.3, 0.4) is 0 Å². The van der Waals surface area contributed by atoms with Crippen molar-refractivity contribution < 1.29 is 9.90 Å². The van der Waals surface area contributed by atoms with Gasteiger partial charge in [-0.25, -0.2) is 0 Å². The highest BCUT2D eigenvalue weighted by Crippen LogP contribution is 2.23. The van der Waals surface area contributed by atoms with E-state index in [-0.39, 0.29) is 6.54 Å². The maximum atomic E-state index is 11.0. The minimum absolute atomic E-state index is 0.0973. The molecule has 0 saturated carbocycles. The number of hydrogen-bond acceptors (Lipinski definition) is 3. The van der Waals surface area contributed by atoms with Gasteiger partial charge in [-0.15, -0.1) is 0 Å². The minimum atomic E-state index is -0.896. The summed E-state index contributed by atoms with van der Waals surface area (Å²) in [4.78, 5) is 15.1. The van der Waals surface area contributed by atoms with E-state index in [0.29, 0.717) is 0 Å². The third-order valence-electron chi connectivity index (χ3n) is 2.92. The van der Waals surface area contributed by atoms with Crippen LogP contribution in [-0.4, -0.2) is 22.6 Å². The topological polar surface area (TPSA) is 76.2 Å². The zero-order valence-electron chi connectivity index (χ0n) is 9.55. The number of carboxylic acids is 1. The molecule has 1 aromatic heterocycles. The fraction of sp³-hybridized carbons (Fsp3) is 0.231. The Morgan fingerprint density at radius 2 is 2.24 bits per heavy atom. The number of benzene rings is 1. The zero-order valence-corrected chi connectivity index (χ0v) is 9.55. The van der Waals surface area contributed by atoms with E-state index in [9.17, 15) is 4.79 Å². The average Bonchev–Trinajstić information content (AvgIpc) is 2.29. The largest absolute Gasteiger partial charge is 0.481 e. The van der Waals surface area contributed by atoms with Crippen molar-refractivity contribution in [3.05, 3.63) is 41.7 Å². The van der Waals surface area contributed by atoms with Gasteiger partial charge in [0.1, 0.15) is 0 Å². The van der Waals surface area contributed by atoms with Crippen molar-refractivity contribution in [2.75, 3.05) is 6.54 Å². The van der Waals surface area contributed by atoms with Gasteiger partial charge in [0.05, 0.1) is 5.92 Å². The first kappa shape index (κ1) is 11.5. The van der Waals surface area contributed by atoms with Gasteiger partial charge in [-0.1, -0.05) is 12.1 Å². The van der Waals surface area contributed by atoms with E-state index >= 15 is 0 Å². The van der Waals surface area contributed by atoms with E-state index in [1.165, 1.54) is 0 Å². The predicted octanol–water partition coefficient (Wildman–Crippen LogP) is 1.67. The molecule has 4 heteroatoms. The van der Waals surface area contributed by atoms with Crippen LogP contribution in [-0.2, 0) is 4.79 Å². The van der Waals surface area contributed by atoms with Crippen LogP contribution >= 0.6 is 0 Å². The molecule has 0 aliphatic heterocycles. The number of aromatic nitrogens is 1. The fourth-order valence-electron chi connectivity index (χ4n) is 1.94. The van der Waals surface area contributed by atoms with E-state index in [1.807, 2.05) is 25.1 Å². The molecular weight excluding hydrogens is 216 g/mol. The molecule has 1 atom stereocenters. The molecule has 0 radical (unpaired) electrons. The first-order valence-corrected chi connectivity index (χ1v) is 5.40. The molecular formula is C13H14N2O2. The molecule has 0 spiro atoms. The van der Waals surface area contributed by atoms with Crippen molar-refractivity contribution in [1.82, 2.24) is 4.98 Å². The molecule has 0 amide bonds. The number of hydrogen-bond donors (Lipinski definition) is 2. The molecule has 4 nitrogen and oxygen atoms in total. The van der Waals surface area contributed by atoms with Crippen molar-refractivity contribution >= 4 is 16.7 Å². The lowest BCUT2D eigenvalue weighted by molar-refractivity contribution is -0.138. The van der Waals surface area contributed by atoms with Gasteiger partial charge in [0, 0.05) is 24.3 Å². The summed E-state index contributed by atoms with van der Waals surface area (Å²) in [6.45, 7) is 2.08. The second kappa shape index (κ2) is 4.51. The smallest absolute Gasteiger partial charge is 0.312 e. The SMILES string of the molecule is Cc1cncc2cc(C(CN)C(=O)O)ccc12. The molecule has 1 unspecified atom stereocenters. The Labute approximate surface area is 99.1 Å². The number of nitrogens with two attached hydrogens (primary N) is 1. The van der Waals surface area contributed by atoms with Crippen LogP contribution in [0.1, 0.15) is 17.0 Å². The Morgan fingerprint density at radius 1 is 1.47 bits per heavy atom. The Kier molecular flexibility index (Phi) is 3.06. The first-order chi connectivity index (χ1) is 8.13. The molecule has 3 N–H and O–H groups in total. The van der Waals surface area contributed by atoms with Gasteiger partial charge in [0.15, 0.2) is 0 Å². The van der Waals surface area contributed by atoms with E-state index < -0.39 is 11.9 Å². The highest BCUT2D eigenvalue weighted by Gasteiger charge is 2.18. The van der Waals surface area contributed by atoms with Crippen LogP contribution in [0.25, 0.3) is 10.8 Å². The van der Waals surface area contributed by atoms with Gasteiger partial charge in [0.25, 0.3) is 0 Å². The van der Waals surface area contributed by atoms with E-state index in [1.54, 1.807) is 12.4 Å². The Hall–Kier alpha value is -1.94. The molecule has 2 rings (SSSR count). The molecule has 1 aromatic carbocycles. The summed E-state index contributed by atoms with van der Waals surface area (Å²) in [7, 11) is 0. The number of pyridine rings is 1. The summed E-state index contributed by atoms with van der Waals surface area (Å²) < 4.78 is 0. The summed E-state index contributed by atoms with van der Waals surface area (Å²) in [5.41, 5.74) is 7.28. The summed E-state index contributed by atoms with van der Waals surface area (Å²) in [6, 6.07) is 5.59. The van der Waals surface area contributed by atoms with Gasteiger partial charge in [0.2, 0.25) is 0 Å². The van der Waals surface area contributed by atoms with Crippen LogP contribution in [0.5, 0.6) is 0 Å². The number of fused-ring (bicyclic) bond motifs is 1. The maximum Gasteiger partial charge on any atom is 0.312 e. The molecule has 0 fully saturated rings. The molecule has 2 aromatic rings. The summed E-state index contributed by atoms with van der Waals surface area (Å²) >= 11 is 0. The third-order valence-corrected chi connectivity index (χ3v) is 2.92. The fourth-order valence-corrected chi connectivity index (χ4v) is 1.94. The number of carboxylic acid groups (broad SMARTS) is 1. The van der Waals surface area contributed by atoms with Gasteiger partial charge in [-0.3, -0.25) is 9.78 Å². The van der Waals surface area contributed by atoms with Crippen molar-refractivity contribution in [1.29, 1.82) is 0 Å². The van der Waals surface area contributed by atoms with Gasteiger partial charge in [-0.05, 0) is 29.5 Å².